The molecule has 0 saturated heterocycles. The second-order valence-electron chi connectivity index (χ2n) is 6.32. The third kappa shape index (κ3) is 2.70. The Labute approximate surface area is 147 Å². The molecular formula is C21H20N2O2. The number of aryl methyl sites for hydroxylation is 1. The molecule has 1 aliphatic rings. The van der Waals surface area contributed by atoms with Crippen molar-refractivity contribution >= 4 is 11.6 Å². The monoisotopic (exact) mass is 332 g/mol. The van der Waals surface area contributed by atoms with Crippen LogP contribution in [0, 0.1) is 0 Å². The summed E-state index contributed by atoms with van der Waals surface area (Å²) in [4.78, 5) is 15.1. The highest BCUT2D eigenvalue weighted by molar-refractivity contribution is 6.06. The fourth-order valence-electron chi connectivity index (χ4n) is 3.43. The first-order chi connectivity index (χ1) is 12.2. The van der Waals surface area contributed by atoms with Gasteiger partial charge in [0.1, 0.15) is 5.75 Å². The van der Waals surface area contributed by atoms with Crippen molar-refractivity contribution in [2.75, 3.05) is 12.0 Å². The first-order valence-corrected chi connectivity index (χ1v) is 8.34. The van der Waals surface area contributed by atoms with Gasteiger partial charge in [0.25, 0.3) is 5.91 Å². The van der Waals surface area contributed by atoms with Crippen LogP contribution in [0.5, 0.6) is 5.75 Å². The van der Waals surface area contributed by atoms with E-state index in [2.05, 4.69) is 29.9 Å². The number of amides is 1. The second kappa shape index (κ2) is 6.13. The first-order valence-electron chi connectivity index (χ1n) is 8.34. The summed E-state index contributed by atoms with van der Waals surface area (Å²) in [5.41, 5.74) is 5.28. The number of methoxy groups -OCH3 is 1. The molecular weight excluding hydrogens is 312 g/mol. The van der Waals surface area contributed by atoms with Gasteiger partial charge in [0.2, 0.25) is 0 Å². The summed E-state index contributed by atoms with van der Waals surface area (Å²) in [6.45, 7) is 0.581. The summed E-state index contributed by atoms with van der Waals surface area (Å²) in [6, 6.07) is 17.5. The van der Waals surface area contributed by atoms with Gasteiger partial charge in [-0.25, -0.2) is 0 Å². The maximum absolute atomic E-state index is 13.2. The summed E-state index contributed by atoms with van der Waals surface area (Å²) in [7, 11) is 3.68. The number of carbonyl (C=O) groups excluding carboxylic acids is 1. The van der Waals surface area contributed by atoms with Crippen molar-refractivity contribution in [3.63, 3.8) is 0 Å². The van der Waals surface area contributed by atoms with Crippen molar-refractivity contribution in [2.45, 2.75) is 13.0 Å². The average Bonchev–Trinajstić information content (AvgIpc) is 2.90. The molecule has 0 unspecified atom stereocenters. The van der Waals surface area contributed by atoms with Crippen molar-refractivity contribution in [1.29, 1.82) is 0 Å². The van der Waals surface area contributed by atoms with Crippen LogP contribution in [0.1, 0.15) is 27.2 Å². The standard InChI is InChI=1S/C21H20N2O2/c1-22-12-11-17-14-23(19-6-4-3-5-16(19)13-20(17)22)21(24)15-7-9-18(25-2)10-8-15/h3-12H,13-14H2,1-2H3. The van der Waals surface area contributed by atoms with Gasteiger partial charge < -0.3 is 14.2 Å². The van der Waals surface area contributed by atoms with Gasteiger partial charge in [-0.15, -0.1) is 0 Å². The van der Waals surface area contributed by atoms with Crippen LogP contribution in [0.4, 0.5) is 5.69 Å². The molecule has 4 nitrogen and oxygen atoms in total. The molecule has 0 bridgehead atoms. The fraction of sp³-hybridized carbons (Fsp3) is 0.190. The van der Waals surface area contributed by atoms with Gasteiger partial charge in [-0.3, -0.25) is 4.79 Å². The Kier molecular flexibility index (Phi) is 3.80. The SMILES string of the molecule is COc1ccc(C(=O)N2Cc3ccn(C)c3Cc3ccccc32)cc1. The lowest BCUT2D eigenvalue weighted by atomic mass is 10.1. The molecule has 2 heterocycles. The van der Waals surface area contributed by atoms with Gasteiger partial charge in [0.15, 0.2) is 0 Å². The van der Waals surface area contributed by atoms with Crippen LogP contribution in [-0.2, 0) is 20.0 Å². The fourth-order valence-corrected chi connectivity index (χ4v) is 3.43. The lowest BCUT2D eigenvalue weighted by Gasteiger charge is -2.23. The molecule has 0 N–H and O–H groups in total. The molecule has 1 aromatic heterocycles. The molecule has 126 valence electrons. The molecule has 4 rings (SSSR count). The van der Waals surface area contributed by atoms with Crippen LogP contribution in [0.3, 0.4) is 0 Å². The number of benzene rings is 2. The largest absolute Gasteiger partial charge is 0.497 e. The Morgan fingerprint density at radius 2 is 1.76 bits per heavy atom. The number of carbonyl (C=O) groups is 1. The maximum atomic E-state index is 13.2. The molecule has 0 fully saturated rings. The van der Waals surface area contributed by atoms with Gasteiger partial charge in [0.05, 0.1) is 13.7 Å². The van der Waals surface area contributed by atoms with Crippen molar-refractivity contribution in [2.24, 2.45) is 7.05 Å². The smallest absolute Gasteiger partial charge is 0.258 e. The molecule has 0 aliphatic carbocycles. The van der Waals surface area contributed by atoms with Crippen LogP contribution in [0.25, 0.3) is 0 Å². The van der Waals surface area contributed by atoms with E-state index in [9.17, 15) is 4.79 Å². The minimum atomic E-state index is 0.00630. The minimum Gasteiger partial charge on any atom is -0.497 e. The average molecular weight is 332 g/mol. The Morgan fingerprint density at radius 1 is 1.00 bits per heavy atom. The number of hydrogen-bond acceptors (Lipinski definition) is 2. The zero-order chi connectivity index (χ0) is 17.4. The summed E-state index contributed by atoms with van der Waals surface area (Å²) in [6.07, 6.45) is 2.90. The highest BCUT2D eigenvalue weighted by Gasteiger charge is 2.26. The number of fused-ring (bicyclic) bond motifs is 2. The van der Waals surface area contributed by atoms with Crippen LogP contribution in [-0.4, -0.2) is 17.6 Å². The molecule has 0 spiro atoms. The maximum Gasteiger partial charge on any atom is 0.258 e. The number of nitrogens with zero attached hydrogens (tertiary/aromatic N) is 2. The third-order valence-electron chi connectivity index (χ3n) is 4.85. The number of ether oxygens (including phenoxy) is 1. The Balaban J connectivity index is 1.78. The zero-order valence-corrected chi connectivity index (χ0v) is 14.4. The number of hydrogen-bond donors (Lipinski definition) is 0. The predicted octanol–water partition coefficient (Wildman–Crippen LogP) is 3.78. The first kappa shape index (κ1) is 15.5. The molecule has 25 heavy (non-hydrogen) atoms. The quantitative estimate of drug-likeness (QED) is 0.716. The summed E-state index contributed by atoms with van der Waals surface area (Å²) in [5.74, 6) is 0.755. The zero-order valence-electron chi connectivity index (χ0n) is 14.4. The number of aromatic nitrogens is 1. The number of rotatable bonds is 2. The molecule has 0 saturated carbocycles. The van der Waals surface area contributed by atoms with Crippen LogP contribution in [0.2, 0.25) is 0 Å². The van der Waals surface area contributed by atoms with Gasteiger partial charge in [0, 0.05) is 36.6 Å². The molecule has 1 amide bonds. The number of anilines is 1. The molecule has 3 aromatic rings. The number of para-hydroxylation sites is 1. The highest BCUT2D eigenvalue weighted by Crippen LogP contribution is 2.32. The van der Waals surface area contributed by atoms with E-state index in [0.717, 1.165) is 17.9 Å². The van der Waals surface area contributed by atoms with E-state index < -0.39 is 0 Å². The van der Waals surface area contributed by atoms with E-state index in [0.29, 0.717) is 12.1 Å². The third-order valence-corrected chi connectivity index (χ3v) is 4.85. The van der Waals surface area contributed by atoms with Crippen molar-refractivity contribution < 1.29 is 9.53 Å². The molecule has 0 atom stereocenters. The lowest BCUT2D eigenvalue weighted by Crippen LogP contribution is -2.30. The van der Waals surface area contributed by atoms with Gasteiger partial charge in [-0.05, 0) is 47.5 Å². The van der Waals surface area contributed by atoms with Crippen molar-refractivity contribution in [3.8, 4) is 5.75 Å². The normalized spacial score (nSPS) is 13.0. The van der Waals surface area contributed by atoms with Crippen LogP contribution < -0.4 is 9.64 Å². The topological polar surface area (TPSA) is 34.5 Å². The van der Waals surface area contributed by atoms with Crippen LogP contribution >= 0.6 is 0 Å². The van der Waals surface area contributed by atoms with Gasteiger partial charge in [-0.1, -0.05) is 18.2 Å². The van der Waals surface area contributed by atoms with Gasteiger partial charge in [-0.2, -0.15) is 0 Å². The Hall–Kier alpha value is -3.01. The van der Waals surface area contributed by atoms with E-state index in [1.165, 1.54) is 16.8 Å². The van der Waals surface area contributed by atoms with Crippen molar-refractivity contribution in [1.82, 2.24) is 4.57 Å². The summed E-state index contributed by atoms with van der Waals surface area (Å²) in [5, 5.41) is 0. The molecule has 1 aliphatic heterocycles. The second-order valence-corrected chi connectivity index (χ2v) is 6.32. The Morgan fingerprint density at radius 3 is 2.52 bits per heavy atom. The van der Waals surface area contributed by atoms with Crippen molar-refractivity contribution in [3.05, 3.63) is 83.2 Å². The van der Waals surface area contributed by atoms with E-state index in [-0.39, 0.29) is 5.91 Å². The Bertz CT molecular complexity index is 925. The highest BCUT2D eigenvalue weighted by atomic mass is 16.5. The molecule has 0 radical (unpaired) electrons. The van der Waals surface area contributed by atoms with Crippen LogP contribution in [0.15, 0.2) is 60.8 Å². The van der Waals surface area contributed by atoms with E-state index in [4.69, 9.17) is 4.74 Å². The van der Waals surface area contributed by atoms with E-state index >= 15 is 0 Å². The lowest BCUT2D eigenvalue weighted by molar-refractivity contribution is 0.0985. The van der Waals surface area contributed by atoms with E-state index in [1.54, 1.807) is 7.11 Å². The minimum absolute atomic E-state index is 0.00630. The molecule has 2 aromatic carbocycles. The van der Waals surface area contributed by atoms with E-state index in [1.807, 2.05) is 47.4 Å². The predicted molar refractivity (Wildman–Crippen MR) is 98.2 cm³/mol. The van der Waals surface area contributed by atoms with Gasteiger partial charge >= 0.3 is 0 Å². The summed E-state index contributed by atoms with van der Waals surface area (Å²) >= 11 is 0. The summed E-state index contributed by atoms with van der Waals surface area (Å²) < 4.78 is 7.34. The molecule has 4 heteroatoms.